The second kappa shape index (κ2) is 19.3. The van der Waals surface area contributed by atoms with Crippen LogP contribution in [-0.2, 0) is 22.8 Å². The van der Waals surface area contributed by atoms with E-state index in [1.165, 1.54) is 51.4 Å². The lowest BCUT2D eigenvalue weighted by atomic mass is 10.1. The van der Waals surface area contributed by atoms with Gasteiger partial charge in [0, 0.05) is 31.4 Å². The first-order valence-corrected chi connectivity index (χ1v) is 13.7. The number of ether oxygens (including phenoxy) is 1. The molecule has 0 heterocycles. The van der Waals surface area contributed by atoms with Crippen molar-refractivity contribution in [2.45, 2.75) is 104 Å². The van der Waals surface area contributed by atoms with Crippen molar-refractivity contribution < 1.29 is 22.8 Å². The SMILES string of the molecule is C=C(C)C(=O)OCCCCCCCCCCCCC[Si](OCC)(OCC)OCC. The minimum atomic E-state index is -2.44. The van der Waals surface area contributed by atoms with E-state index in [1.807, 2.05) is 20.8 Å². The molecule has 0 aromatic rings. The van der Waals surface area contributed by atoms with Gasteiger partial charge >= 0.3 is 14.8 Å². The molecule has 0 spiro atoms. The Morgan fingerprint density at radius 1 is 0.690 bits per heavy atom. The van der Waals surface area contributed by atoms with Crippen molar-refractivity contribution in [3.05, 3.63) is 12.2 Å². The zero-order valence-corrected chi connectivity index (χ0v) is 20.6. The van der Waals surface area contributed by atoms with E-state index < -0.39 is 8.80 Å². The molecule has 6 heteroatoms. The maximum Gasteiger partial charge on any atom is 0.500 e. The Morgan fingerprint density at radius 2 is 1.07 bits per heavy atom. The van der Waals surface area contributed by atoms with Crippen molar-refractivity contribution in [3.63, 3.8) is 0 Å². The van der Waals surface area contributed by atoms with E-state index >= 15 is 0 Å². The predicted octanol–water partition coefficient (Wildman–Crippen LogP) is 6.45. The number of rotatable bonds is 21. The van der Waals surface area contributed by atoms with E-state index in [0.717, 1.165) is 25.3 Å². The van der Waals surface area contributed by atoms with Gasteiger partial charge in [-0.25, -0.2) is 4.79 Å². The molecule has 0 radical (unpaired) electrons. The van der Waals surface area contributed by atoms with Crippen LogP contribution in [-0.4, -0.2) is 41.2 Å². The number of unbranched alkanes of at least 4 members (excludes halogenated alkanes) is 10. The second-order valence-corrected chi connectivity index (χ2v) is 10.3. The molecule has 0 fully saturated rings. The summed E-state index contributed by atoms with van der Waals surface area (Å²) in [5, 5.41) is 0. The molecule has 29 heavy (non-hydrogen) atoms. The van der Waals surface area contributed by atoms with Crippen LogP contribution in [0.15, 0.2) is 12.2 Å². The standard InChI is InChI=1S/C23H46O5Si/c1-6-26-29(27-7-2,28-8-3)21-19-17-15-13-11-9-10-12-14-16-18-20-25-23(24)22(4)5/h4,6-21H2,1-3,5H3. The van der Waals surface area contributed by atoms with Gasteiger partial charge in [0.2, 0.25) is 0 Å². The molecule has 0 saturated heterocycles. The van der Waals surface area contributed by atoms with Crippen LogP contribution >= 0.6 is 0 Å². The number of carbonyl (C=O) groups excluding carboxylic acids is 1. The Bertz CT molecular complexity index is 397. The molecule has 0 saturated carbocycles. The highest BCUT2D eigenvalue weighted by Gasteiger charge is 2.39. The third-order valence-corrected chi connectivity index (χ3v) is 7.95. The van der Waals surface area contributed by atoms with Gasteiger partial charge in [0.1, 0.15) is 0 Å². The van der Waals surface area contributed by atoms with Crippen LogP contribution in [0.5, 0.6) is 0 Å². The normalized spacial score (nSPS) is 11.6. The molecule has 0 aliphatic heterocycles. The maximum absolute atomic E-state index is 11.2. The molecule has 0 unspecified atom stereocenters. The van der Waals surface area contributed by atoms with E-state index in [1.54, 1.807) is 6.92 Å². The van der Waals surface area contributed by atoms with Crippen LogP contribution in [0.2, 0.25) is 6.04 Å². The molecule has 0 rings (SSSR count). The van der Waals surface area contributed by atoms with Crippen LogP contribution < -0.4 is 0 Å². The fourth-order valence-corrected chi connectivity index (χ4v) is 6.01. The van der Waals surface area contributed by atoms with Gasteiger partial charge in [-0.05, 0) is 40.5 Å². The number of hydrogen-bond acceptors (Lipinski definition) is 5. The Balaban J connectivity index is 3.54. The zero-order chi connectivity index (χ0) is 21.8. The van der Waals surface area contributed by atoms with E-state index in [-0.39, 0.29) is 5.97 Å². The summed E-state index contributed by atoms with van der Waals surface area (Å²) in [5.74, 6) is -0.272. The third kappa shape index (κ3) is 15.8. The molecular formula is C23H46O5Si. The summed E-state index contributed by atoms with van der Waals surface area (Å²) in [7, 11) is -2.44. The van der Waals surface area contributed by atoms with Crippen molar-refractivity contribution in [1.29, 1.82) is 0 Å². The van der Waals surface area contributed by atoms with Gasteiger partial charge in [0.15, 0.2) is 0 Å². The van der Waals surface area contributed by atoms with Gasteiger partial charge in [-0.1, -0.05) is 64.4 Å². The number of esters is 1. The highest BCUT2D eigenvalue weighted by atomic mass is 28.4. The molecule has 172 valence electrons. The summed E-state index contributed by atoms with van der Waals surface area (Å²) >= 11 is 0. The Morgan fingerprint density at radius 3 is 1.45 bits per heavy atom. The lowest BCUT2D eigenvalue weighted by Crippen LogP contribution is -2.45. The van der Waals surface area contributed by atoms with Crippen LogP contribution in [0.4, 0.5) is 0 Å². The lowest BCUT2D eigenvalue weighted by molar-refractivity contribution is -0.139. The third-order valence-electron chi connectivity index (χ3n) is 4.80. The monoisotopic (exact) mass is 430 g/mol. The van der Waals surface area contributed by atoms with Crippen molar-refractivity contribution in [1.82, 2.24) is 0 Å². The minimum Gasteiger partial charge on any atom is -0.462 e. The van der Waals surface area contributed by atoms with Crippen LogP contribution in [0.25, 0.3) is 0 Å². The summed E-state index contributed by atoms with van der Waals surface area (Å²) in [5.41, 5.74) is 0.476. The van der Waals surface area contributed by atoms with Gasteiger partial charge in [-0.3, -0.25) is 0 Å². The second-order valence-electron chi connectivity index (χ2n) is 7.54. The van der Waals surface area contributed by atoms with E-state index in [9.17, 15) is 4.79 Å². The zero-order valence-electron chi connectivity index (χ0n) is 19.6. The van der Waals surface area contributed by atoms with Gasteiger partial charge in [-0.15, -0.1) is 0 Å². The van der Waals surface area contributed by atoms with Crippen LogP contribution in [0.1, 0.15) is 98.3 Å². The molecule has 0 aromatic heterocycles. The Labute approximate surface area is 180 Å². The van der Waals surface area contributed by atoms with Crippen LogP contribution in [0, 0.1) is 0 Å². The largest absolute Gasteiger partial charge is 0.500 e. The lowest BCUT2D eigenvalue weighted by Gasteiger charge is -2.28. The van der Waals surface area contributed by atoms with E-state index in [0.29, 0.717) is 32.0 Å². The van der Waals surface area contributed by atoms with Crippen LogP contribution in [0.3, 0.4) is 0 Å². The molecule has 0 N–H and O–H groups in total. The molecule has 0 aromatic carbocycles. The highest BCUT2D eigenvalue weighted by molar-refractivity contribution is 6.60. The quantitative estimate of drug-likeness (QED) is 0.0907. The number of hydrogen-bond donors (Lipinski definition) is 0. The first-order valence-electron chi connectivity index (χ1n) is 11.8. The molecule has 0 atom stereocenters. The van der Waals surface area contributed by atoms with E-state index in [2.05, 4.69) is 6.58 Å². The summed E-state index contributed by atoms with van der Waals surface area (Å²) < 4.78 is 22.8. The fraction of sp³-hybridized carbons (Fsp3) is 0.870. The smallest absolute Gasteiger partial charge is 0.462 e. The van der Waals surface area contributed by atoms with Gasteiger partial charge in [-0.2, -0.15) is 0 Å². The molecule has 0 aliphatic carbocycles. The van der Waals surface area contributed by atoms with E-state index in [4.69, 9.17) is 18.0 Å². The Kier molecular flexibility index (Phi) is 18.8. The Hall–Kier alpha value is -0.693. The predicted molar refractivity (Wildman–Crippen MR) is 122 cm³/mol. The minimum absolute atomic E-state index is 0.272. The van der Waals surface area contributed by atoms with Crippen molar-refractivity contribution >= 4 is 14.8 Å². The average molecular weight is 431 g/mol. The molecule has 0 aliphatic rings. The molecule has 5 nitrogen and oxygen atoms in total. The highest BCUT2D eigenvalue weighted by Crippen LogP contribution is 2.21. The number of carbonyl (C=O) groups is 1. The van der Waals surface area contributed by atoms with Crippen molar-refractivity contribution in [2.75, 3.05) is 26.4 Å². The summed E-state index contributed by atoms with van der Waals surface area (Å²) in [6.45, 7) is 13.8. The summed E-state index contributed by atoms with van der Waals surface area (Å²) in [6.07, 6.45) is 13.5. The van der Waals surface area contributed by atoms with Crippen molar-refractivity contribution in [2.24, 2.45) is 0 Å². The van der Waals surface area contributed by atoms with Gasteiger partial charge in [0.05, 0.1) is 6.61 Å². The average Bonchev–Trinajstić information content (AvgIpc) is 2.68. The summed E-state index contributed by atoms with van der Waals surface area (Å²) in [4.78, 5) is 11.2. The first kappa shape index (κ1) is 28.3. The fourth-order valence-electron chi connectivity index (χ4n) is 3.32. The molecule has 0 bridgehead atoms. The van der Waals surface area contributed by atoms with Gasteiger partial charge in [0.25, 0.3) is 0 Å². The maximum atomic E-state index is 11.2. The van der Waals surface area contributed by atoms with Gasteiger partial charge < -0.3 is 18.0 Å². The summed E-state index contributed by atoms with van der Waals surface area (Å²) in [6, 6.07) is 0.935. The topological polar surface area (TPSA) is 54.0 Å². The molecule has 0 amide bonds. The first-order chi connectivity index (χ1) is 14.0. The van der Waals surface area contributed by atoms with Crippen molar-refractivity contribution in [3.8, 4) is 0 Å². The molecular weight excluding hydrogens is 384 g/mol.